The Hall–Kier alpha value is -1.26. The zero-order chi connectivity index (χ0) is 14.3. The molecule has 1 aromatic rings. The van der Waals surface area contributed by atoms with Crippen molar-refractivity contribution in [3.05, 3.63) is 23.8 Å². The quantitative estimate of drug-likeness (QED) is 0.759. The van der Waals surface area contributed by atoms with Crippen LogP contribution in [-0.2, 0) is 6.54 Å². The third-order valence-corrected chi connectivity index (χ3v) is 2.53. The normalized spacial score (nSPS) is 12.5. The Bertz CT molecular complexity index is 378. The summed E-state index contributed by atoms with van der Waals surface area (Å²) in [5.41, 5.74) is 1.04. The number of nitrogens with one attached hydrogen (secondary N) is 1. The van der Waals surface area contributed by atoms with Gasteiger partial charge in [0, 0.05) is 18.2 Å². The molecule has 0 spiro atoms. The first kappa shape index (κ1) is 15.8. The molecule has 1 atom stereocenters. The van der Waals surface area contributed by atoms with Gasteiger partial charge in [-0.1, -0.05) is 26.0 Å². The minimum atomic E-state index is -0.499. The van der Waals surface area contributed by atoms with E-state index in [0.717, 1.165) is 17.1 Å². The molecule has 0 aliphatic rings. The molecule has 0 aliphatic heterocycles. The highest BCUT2D eigenvalue weighted by Crippen LogP contribution is 2.31. The molecule has 4 heteroatoms. The van der Waals surface area contributed by atoms with E-state index in [4.69, 9.17) is 9.47 Å². The van der Waals surface area contributed by atoms with Gasteiger partial charge >= 0.3 is 0 Å². The molecule has 1 aromatic carbocycles. The lowest BCUT2D eigenvalue weighted by Crippen LogP contribution is -2.23. The molecule has 1 unspecified atom stereocenters. The van der Waals surface area contributed by atoms with Crippen molar-refractivity contribution < 1.29 is 14.6 Å². The maximum atomic E-state index is 9.36. The summed E-state index contributed by atoms with van der Waals surface area (Å²) in [5, 5.41) is 12.7. The second kappa shape index (κ2) is 8.02. The van der Waals surface area contributed by atoms with Gasteiger partial charge in [-0.25, -0.2) is 0 Å². The van der Waals surface area contributed by atoms with Crippen LogP contribution in [0.1, 0.15) is 33.3 Å². The summed E-state index contributed by atoms with van der Waals surface area (Å²) in [7, 11) is 0. The summed E-state index contributed by atoms with van der Waals surface area (Å²) >= 11 is 0. The molecule has 2 N–H and O–H groups in total. The fourth-order valence-corrected chi connectivity index (χ4v) is 1.65. The van der Waals surface area contributed by atoms with Crippen LogP contribution < -0.4 is 14.8 Å². The average molecular weight is 267 g/mol. The van der Waals surface area contributed by atoms with Crippen molar-refractivity contribution in [2.75, 3.05) is 13.2 Å². The number of hydrogen-bond donors (Lipinski definition) is 2. The van der Waals surface area contributed by atoms with Gasteiger partial charge in [0.15, 0.2) is 11.5 Å². The third-order valence-electron chi connectivity index (χ3n) is 2.53. The molecule has 0 saturated heterocycles. The van der Waals surface area contributed by atoms with Crippen LogP contribution in [0, 0.1) is 0 Å². The molecule has 0 radical (unpaired) electrons. The lowest BCUT2D eigenvalue weighted by atomic mass is 10.1. The van der Waals surface area contributed by atoms with Crippen LogP contribution in [0.2, 0.25) is 0 Å². The SMILES string of the molecule is CCOc1cccc(CNC(C)C)c1OCC(C)O. The van der Waals surface area contributed by atoms with Gasteiger partial charge in [-0.05, 0) is 19.9 Å². The number of ether oxygens (including phenoxy) is 2. The van der Waals surface area contributed by atoms with Gasteiger partial charge in [0.2, 0.25) is 0 Å². The van der Waals surface area contributed by atoms with E-state index < -0.39 is 6.10 Å². The Morgan fingerprint density at radius 2 is 1.95 bits per heavy atom. The van der Waals surface area contributed by atoms with Crippen molar-refractivity contribution in [1.82, 2.24) is 5.32 Å². The first-order chi connectivity index (χ1) is 9.04. The molecule has 0 fully saturated rings. The predicted molar refractivity (Wildman–Crippen MR) is 76.8 cm³/mol. The molecule has 108 valence electrons. The maximum Gasteiger partial charge on any atom is 0.165 e. The van der Waals surface area contributed by atoms with E-state index in [9.17, 15) is 5.11 Å². The largest absolute Gasteiger partial charge is 0.490 e. The number of hydrogen-bond acceptors (Lipinski definition) is 4. The maximum absolute atomic E-state index is 9.36. The Morgan fingerprint density at radius 1 is 1.21 bits per heavy atom. The molecular formula is C15H25NO3. The van der Waals surface area contributed by atoms with Crippen LogP contribution >= 0.6 is 0 Å². The van der Waals surface area contributed by atoms with Gasteiger partial charge in [0.25, 0.3) is 0 Å². The first-order valence-corrected chi connectivity index (χ1v) is 6.83. The summed E-state index contributed by atoms with van der Waals surface area (Å²) in [6.07, 6.45) is -0.499. The first-order valence-electron chi connectivity index (χ1n) is 6.83. The molecule has 0 aliphatic carbocycles. The van der Waals surface area contributed by atoms with Crippen molar-refractivity contribution in [1.29, 1.82) is 0 Å². The van der Waals surface area contributed by atoms with Crippen LogP contribution in [0.15, 0.2) is 18.2 Å². The second-order valence-corrected chi connectivity index (χ2v) is 4.87. The van der Waals surface area contributed by atoms with Crippen molar-refractivity contribution in [3.63, 3.8) is 0 Å². The van der Waals surface area contributed by atoms with E-state index in [0.29, 0.717) is 19.2 Å². The number of aliphatic hydroxyl groups excluding tert-OH is 1. The predicted octanol–water partition coefficient (Wildman–Crippen LogP) is 2.34. The van der Waals surface area contributed by atoms with E-state index >= 15 is 0 Å². The molecule has 0 aromatic heterocycles. The highest BCUT2D eigenvalue weighted by molar-refractivity contribution is 5.46. The fourth-order valence-electron chi connectivity index (χ4n) is 1.65. The highest BCUT2D eigenvalue weighted by atomic mass is 16.5. The van der Waals surface area contributed by atoms with Gasteiger partial charge in [-0.2, -0.15) is 0 Å². The van der Waals surface area contributed by atoms with Crippen LogP contribution in [0.25, 0.3) is 0 Å². The molecular weight excluding hydrogens is 242 g/mol. The number of benzene rings is 1. The highest BCUT2D eigenvalue weighted by Gasteiger charge is 2.12. The van der Waals surface area contributed by atoms with Crippen molar-refractivity contribution >= 4 is 0 Å². The van der Waals surface area contributed by atoms with Crippen molar-refractivity contribution in [2.45, 2.75) is 46.4 Å². The number of rotatable bonds is 8. The van der Waals surface area contributed by atoms with Gasteiger partial charge in [-0.3, -0.25) is 0 Å². The summed E-state index contributed by atoms with van der Waals surface area (Å²) in [6, 6.07) is 6.26. The summed E-state index contributed by atoms with van der Waals surface area (Å²) in [5.74, 6) is 1.45. The molecule has 0 heterocycles. The van der Waals surface area contributed by atoms with Crippen LogP contribution in [0.3, 0.4) is 0 Å². The third kappa shape index (κ3) is 5.49. The second-order valence-electron chi connectivity index (χ2n) is 4.87. The monoisotopic (exact) mass is 267 g/mol. The minimum absolute atomic E-state index is 0.263. The Kier molecular flexibility index (Phi) is 6.67. The summed E-state index contributed by atoms with van der Waals surface area (Å²) < 4.78 is 11.3. The zero-order valence-corrected chi connectivity index (χ0v) is 12.3. The van der Waals surface area contributed by atoms with Crippen LogP contribution in [-0.4, -0.2) is 30.5 Å². The number of para-hydroxylation sites is 1. The van der Waals surface area contributed by atoms with E-state index in [-0.39, 0.29) is 6.61 Å². The molecule has 19 heavy (non-hydrogen) atoms. The molecule has 0 bridgehead atoms. The lowest BCUT2D eigenvalue weighted by Gasteiger charge is -2.18. The average Bonchev–Trinajstić information content (AvgIpc) is 2.35. The van der Waals surface area contributed by atoms with E-state index in [1.165, 1.54) is 0 Å². The van der Waals surface area contributed by atoms with Gasteiger partial charge < -0.3 is 19.9 Å². The molecule has 0 saturated carbocycles. The Labute approximate surface area is 115 Å². The molecule has 0 amide bonds. The van der Waals surface area contributed by atoms with E-state index in [2.05, 4.69) is 19.2 Å². The van der Waals surface area contributed by atoms with Crippen LogP contribution in [0.5, 0.6) is 11.5 Å². The number of aliphatic hydroxyl groups is 1. The Morgan fingerprint density at radius 3 is 2.53 bits per heavy atom. The topological polar surface area (TPSA) is 50.7 Å². The summed E-state index contributed by atoms with van der Waals surface area (Å²) in [6.45, 7) is 9.41. The fraction of sp³-hybridized carbons (Fsp3) is 0.600. The summed E-state index contributed by atoms with van der Waals surface area (Å²) in [4.78, 5) is 0. The van der Waals surface area contributed by atoms with E-state index in [1.807, 2.05) is 25.1 Å². The lowest BCUT2D eigenvalue weighted by molar-refractivity contribution is 0.119. The zero-order valence-electron chi connectivity index (χ0n) is 12.3. The minimum Gasteiger partial charge on any atom is -0.490 e. The van der Waals surface area contributed by atoms with Gasteiger partial charge in [-0.15, -0.1) is 0 Å². The standard InChI is InChI=1S/C15H25NO3/c1-5-18-14-8-6-7-13(9-16-11(2)3)15(14)19-10-12(4)17/h6-8,11-12,16-17H,5,9-10H2,1-4H3. The Balaban J connectivity index is 2.89. The van der Waals surface area contributed by atoms with Crippen molar-refractivity contribution in [3.8, 4) is 11.5 Å². The van der Waals surface area contributed by atoms with Crippen LogP contribution in [0.4, 0.5) is 0 Å². The molecule has 1 rings (SSSR count). The van der Waals surface area contributed by atoms with E-state index in [1.54, 1.807) is 6.92 Å². The van der Waals surface area contributed by atoms with Crippen molar-refractivity contribution in [2.24, 2.45) is 0 Å². The van der Waals surface area contributed by atoms with Gasteiger partial charge in [0.1, 0.15) is 6.61 Å². The smallest absolute Gasteiger partial charge is 0.165 e. The molecule has 4 nitrogen and oxygen atoms in total. The van der Waals surface area contributed by atoms with Gasteiger partial charge in [0.05, 0.1) is 12.7 Å².